The van der Waals surface area contributed by atoms with Gasteiger partial charge in [0.2, 0.25) is 0 Å². The van der Waals surface area contributed by atoms with E-state index in [1.54, 1.807) is 10.8 Å². The Bertz CT molecular complexity index is 964. The van der Waals surface area contributed by atoms with Crippen LogP contribution in [0.15, 0.2) is 45.8 Å². The largest absolute Gasteiger partial charge is 0.497 e. The van der Waals surface area contributed by atoms with Gasteiger partial charge in [0.25, 0.3) is 21.6 Å². The lowest BCUT2D eigenvalue weighted by molar-refractivity contribution is -0.388. The van der Waals surface area contributed by atoms with E-state index >= 15 is 0 Å². The van der Waals surface area contributed by atoms with Crippen molar-refractivity contribution < 1.29 is 27.3 Å². The summed E-state index contributed by atoms with van der Waals surface area (Å²) >= 11 is 2.76. The minimum atomic E-state index is -4.62. The molecule has 132 valence electrons. The molecule has 1 N–H and O–H groups in total. The number of nitro groups is 1. The van der Waals surface area contributed by atoms with Gasteiger partial charge in [0.15, 0.2) is 4.90 Å². The highest BCUT2D eigenvalue weighted by molar-refractivity contribution is 9.10. The summed E-state index contributed by atoms with van der Waals surface area (Å²) in [6.45, 7) is 0. The summed E-state index contributed by atoms with van der Waals surface area (Å²) in [5.41, 5.74) is -1.03. The molecule has 8 nitrogen and oxygen atoms in total. The second-order valence-corrected chi connectivity index (χ2v) is 7.16. The number of methoxy groups -OCH3 is 1. The highest BCUT2D eigenvalue weighted by Gasteiger charge is 2.29. The molecule has 0 aliphatic carbocycles. The number of nitrogens with zero attached hydrogens (tertiary/aromatic N) is 1. The van der Waals surface area contributed by atoms with Gasteiger partial charge in [0.1, 0.15) is 11.6 Å². The Balaban J connectivity index is 2.44. The maximum Gasteiger partial charge on any atom is 0.292 e. The Labute approximate surface area is 149 Å². The number of carbonyl (C=O) groups is 1. The topological polar surface area (TPSA) is 116 Å². The molecule has 0 heterocycles. The van der Waals surface area contributed by atoms with Crippen LogP contribution in [0.4, 0.5) is 10.1 Å². The molecule has 0 aliphatic rings. The van der Waals surface area contributed by atoms with Crippen LogP contribution in [0.1, 0.15) is 10.4 Å². The van der Waals surface area contributed by atoms with Crippen molar-refractivity contribution in [2.24, 2.45) is 0 Å². The van der Waals surface area contributed by atoms with E-state index in [2.05, 4.69) is 15.9 Å². The molecule has 0 radical (unpaired) electrons. The summed E-state index contributed by atoms with van der Waals surface area (Å²) in [6, 6.07) is 6.82. The molecule has 0 bridgehead atoms. The van der Waals surface area contributed by atoms with E-state index in [-0.39, 0.29) is 10.0 Å². The lowest BCUT2D eigenvalue weighted by Crippen LogP contribution is -2.31. The number of hydrogen-bond acceptors (Lipinski definition) is 6. The molecule has 0 aliphatic heterocycles. The SMILES string of the molecule is COc1cccc(C(=O)NS(=O)(=O)c2cc(Br)c(F)cc2[N+](=O)[O-])c1. The fourth-order valence-corrected chi connectivity index (χ4v) is 3.52. The van der Waals surface area contributed by atoms with Gasteiger partial charge >= 0.3 is 0 Å². The molecular weight excluding hydrogens is 423 g/mol. The summed E-state index contributed by atoms with van der Waals surface area (Å²) < 4.78 is 44.5. The monoisotopic (exact) mass is 432 g/mol. The van der Waals surface area contributed by atoms with E-state index in [0.29, 0.717) is 17.9 Å². The number of rotatable bonds is 5. The number of amides is 1. The van der Waals surface area contributed by atoms with Gasteiger partial charge in [-0.05, 0) is 40.2 Å². The summed E-state index contributed by atoms with van der Waals surface area (Å²) in [6.07, 6.45) is 0. The highest BCUT2D eigenvalue weighted by atomic mass is 79.9. The second kappa shape index (κ2) is 7.15. The maximum absolute atomic E-state index is 13.5. The number of carbonyl (C=O) groups excluding carboxylic acids is 1. The number of ether oxygens (including phenoxy) is 1. The minimum absolute atomic E-state index is 0.0354. The van der Waals surface area contributed by atoms with Crippen molar-refractivity contribution in [3.05, 3.63) is 62.4 Å². The quantitative estimate of drug-likeness (QED) is 0.573. The van der Waals surface area contributed by atoms with Gasteiger partial charge in [-0.25, -0.2) is 17.5 Å². The summed E-state index contributed by atoms with van der Waals surface area (Å²) in [4.78, 5) is 21.2. The first-order valence-corrected chi connectivity index (χ1v) is 8.78. The van der Waals surface area contributed by atoms with E-state index < -0.39 is 37.3 Å². The summed E-state index contributed by atoms with van der Waals surface area (Å²) in [5, 5.41) is 11.0. The lowest BCUT2D eigenvalue weighted by Gasteiger charge is -2.09. The van der Waals surface area contributed by atoms with Crippen LogP contribution < -0.4 is 9.46 Å². The molecule has 0 saturated heterocycles. The number of sulfonamides is 1. The standard InChI is InChI=1S/C14H10BrFN2O6S/c1-24-9-4-2-3-8(5-9)14(19)17-25(22,23)13-6-10(15)11(16)7-12(13)18(20)21/h2-7H,1H3,(H,17,19). The predicted octanol–water partition coefficient (Wildman–Crippen LogP) is 2.62. The number of benzene rings is 2. The van der Waals surface area contributed by atoms with Crippen molar-refractivity contribution in [2.75, 3.05) is 7.11 Å². The molecule has 0 aromatic heterocycles. The smallest absolute Gasteiger partial charge is 0.292 e. The van der Waals surface area contributed by atoms with Crippen LogP contribution in [0.3, 0.4) is 0 Å². The summed E-state index contributed by atoms with van der Waals surface area (Å²) in [5.74, 6) is -1.71. The van der Waals surface area contributed by atoms with Crippen LogP contribution >= 0.6 is 15.9 Å². The van der Waals surface area contributed by atoms with Gasteiger partial charge in [-0.1, -0.05) is 6.07 Å². The fourth-order valence-electron chi connectivity index (χ4n) is 1.88. The van der Waals surface area contributed by atoms with Gasteiger partial charge in [-0.15, -0.1) is 0 Å². The second-order valence-electron chi connectivity index (χ2n) is 4.66. The van der Waals surface area contributed by atoms with Gasteiger partial charge in [-0.3, -0.25) is 14.9 Å². The van der Waals surface area contributed by atoms with E-state index in [4.69, 9.17) is 4.74 Å². The van der Waals surface area contributed by atoms with E-state index in [1.807, 2.05) is 0 Å². The number of halogens is 2. The van der Waals surface area contributed by atoms with Crippen molar-refractivity contribution in [1.82, 2.24) is 4.72 Å². The molecule has 2 aromatic carbocycles. The minimum Gasteiger partial charge on any atom is -0.497 e. The highest BCUT2D eigenvalue weighted by Crippen LogP contribution is 2.29. The first-order chi connectivity index (χ1) is 11.7. The van der Waals surface area contributed by atoms with Crippen molar-refractivity contribution in [3.63, 3.8) is 0 Å². The Hall–Kier alpha value is -2.53. The zero-order valence-electron chi connectivity index (χ0n) is 12.5. The molecule has 11 heteroatoms. The molecule has 0 fully saturated rings. The van der Waals surface area contributed by atoms with E-state index in [1.165, 1.54) is 25.3 Å². The number of nitro benzene ring substituents is 1. The number of nitrogens with one attached hydrogen (secondary N) is 1. The maximum atomic E-state index is 13.5. The van der Waals surface area contributed by atoms with Crippen LogP contribution in [-0.4, -0.2) is 26.4 Å². The molecule has 0 spiro atoms. The van der Waals surface area contributed by atoms with Gasteiger partial charge < -0.3 is 4.74 Å². The molecule has 25 heavy (non-hydrogen) atoms. The van der Waals surface area contributed by atoms with Crippen molar-refractivity contribution >= 4 is 37.5 Å². The van der Waals surface area contributed by atoms with Crippen molar-refractivity contribution in [3.8, 4) is 5.75 Å². The Morgan fingerprint density at radius 3 is 2.60 bits per heavy atom. The Morgan fingerprint density at radius 1 is 1.32 bits per heavy atom. The van der Waals surface area contributed by atoms with Crippen LogP contribution in [0.25, 0.3) is 0 Å². The molecule has 1 amide bonds. The zero-order chi connectivity index (χ0) is 18.8. The molecule has 0 unspecified atom stereocenters. The first-order valence-electron chi connectivity index (χ1n) is 6.50. The molecule has 0 saturated carbocycles. The fraction of sp³-hybridized carbons (Fsp3) is 0.0714. The average molecular weight is 433 g/mol. The zero-order valence-corrected chi connectivity index (χ0v) is 14.9. The van der Waals surface area contributed by atoms with Crippen LogP contribution in [0, 0.1) is 15.9 Å². The molecular formula is C14H10BrFN2O6S. The van der Waals surface area contributed by atoms with Crippen LogP contribution in [0.5, 0.6) is 5.75 Å². The third-order valence-electron chi connectivity index (χ3n) is 3.05. The van der Waals surface area contributed by atoms with Gasteiger partial charge in [0.05, 0.1) is 22.6 Å². The van der Waals surface area contributed by atoms with E-state index in [0.717, 1.165) is 0 Å². The molecule has 2 rings (SSSR count). The first kappa shape index (κ1) is 18.8. The third kappa shape index (κ3) is 4.12. The third-order valence-corrected chi connectivity index (χ3v) is 5.01. The van der Waals surface area contributed by atoms with Crippen LogP contribution in [-0.2, 0) is 10.0 Å². The summed E-state index contributed by atoms with van der Waals surface area (Å²) in [7, 11) is -3.25. The predicted molar refractivity (Wildman–Crippen MR) is 88.4 cm³/mol. The Morgan fingerprint density at radius 2 is 2.00 bits per heavy atom. The van der Waals surface area contributed by atoms with E-state index in [9.17, 15) is 27.7 Å². The average Bonchev–Trinajstić information content (AvgIpc) is 2.56. The number of hydrogen-bond donors (Lipinski definition) is 1. The van der Waals surface area contributed by atoms with Crippen LogP contribution in [0.2, 0.25) is 0 Å². The normalized spacial score (nSPS) is 11.0. The van der Waals surface area contributed by atoms with Gasteiger partial charge in [0, 0.05) is 5.56 Å². The Kier molecular flexibility index (Phi) is 5.38. The molecule has 0 atom stereocenters. The molecule has 2 aromatic rings. The lowest BCUT2D eigenvalue weighted by atomic mass is 10.2. The van der Waals surface area contributed by atoms with Crippen molar-refractivity contribution in [2.45, 2.75) is 4.90 Å². The van der Waals surface area contributed by atoms with Crippen molar-refractivity contribution in [1.29, 1.82) is 0 Å². The van der Waals surface area contributed by atoms with Gasteiger partial charge in [-0.2, -0.15) is 0 Å².